The summed E-state index contributed by atoms with van der Waals surface area (Å²) < 4.78 is 32.3. The van der Waals surface area contributed by atoms with E-state index in [0.29, 0.717) is 45.9 Å². The molecule has 6 rings (SSSR count). The summed E-state index contributed by atoms with van der Waals surface area (Å²) in [7, 11) is 1.50. The van der Waals surface area contributed by atoms with E-state index in [0.717, 1.165) is 18.7 Å². The van der Waals surface area contributed by atoms with E-state index in [1.165, 1.54) is 7.11 Å². The highest BCUT2D eigenvalue weighted by molar-refractivity contribution is 5.90. The van der Waals surface area contributed by atoms with Gasteiger partial charge in [0.05, 0.1) is 12.6 Å². The molecule has 2 aliphatic rings. The van der Waals surface area contributed by atoms with Crippen molar-refractivity contribution in [2.75, 3.05) is 20.2 Å². The molecule has 1 amide bonds. The van der Waals surface area contributed by atoms with E-state index in [4.69, 9.17) is 14.2 Å². The number of aryl methyl sites for hydroxylation is 1. The largest absolute Gasteiger partial charge is 0.493 e. The van der Waals surface area contributed by atoms with Gasteiger partial charge in [-0.25, -0.2) is 9.18 Å². The summed E-state index contributed by atoms with van der Waals surface area (Å²) in [4.78, 5) is 22.1. The van der Waals surface area contributed by atoms with Crippen molar-refractivity contribution in [2.45, 2.75) is 25.4 Å². The number of H-pyrrole nitrogens is 1. The van der Waals surface area contributed by atoms with E-state index in [-0.39, 0.29) is 17.5 Å². The smallest absolute Gasteiger partial charge is 0.415 e. The van der Waals surface area contributed by atoms with Crippen molar-refractivity contribution in [3.63, 3.8) is 0 Å². The number of carbonyl (C=O) groups is 1. The lowest BCUT2D eigenvalue weighted by Gasteiger charge is -2.26. The Hall–Kier alpha value is -3.85. The average Bonchev–Trinajstić information content (AvgIpc) is 3.56. The summed E-state index contributed by atoms with van der Waals surface area (Å²) in [5.41, 5.74) is 2.13. The number of piperazine rings is 1. The van der Waals surface area contributed by atoms with E-state index in [1.54, 1.807) is 47.5 Å². The number of carbonyl (C=O) groups excluding carboxylic acids is 1. The number of fused-ring (bicyclic) bond motifs is 4. The number of nitrogens with zero attached hydrogens (tertiary/aromatic N) is 2. The Morgan fingerprint density at radius 3 is 2.76 bits per heavy atom. The van der Waals surface area contributed by atoms with Crippen LogP contribution in [0.4, 0.5) is 9.18 Å². The third kappa shape index (κ3) is 3.40. The number of aromatic nitrogens is 2. The topological polar surface area (TPSA) is 88.7 Å². The van der Waals surface area contributed by atoms with Gasteiger partial charge in [0.25, 0.3) is 0 Å². The molecule has 0 spiro atoms. The fourth-order valence-electron chi connectivity index (χ4n) is 4.88. The molecule has 4 heterocycles. The molecule has 2 bridgehead atoms. The third-order valence-corrected chi connectivity index (χ3v) is 6.53. The number of methoxy groups -OCH3 is 1. The van der Waals surface area contributed by atoms with Gasteiger partial charge in [-0.2, -0.15) is 0 Å². The SMILES string of the molecule is COc1cc2nccc(Oc3ccc4[nH]c(C)cc4c3F)c2cc1OC(=O)N1C[C@@H]2C[C@H]1CN2. The molecule has 4 aromatic rings. The lowest BCUT2D eigenvalue weighted by Crippen LogP contribution is -2.47. The number of likely N-dealkylation sites (tertiary alicyclic amines) is 1. The van der Waals surface area contributed by atoms with Gasteiger partial charge in [-0.15, -0.1) is 0 Å². The number of rotatable bonds is 4. The third-order valence-electron chi connectivity index (χ3n) is 6.53. The Bertz CT molecular complexity index is 1440. The molecule has 2 aromatic carbocycles. The highest BCUT2D eigenvalue weighted by atomic mass is 19.1. The second-order valence-corrected chi connectivity index (χ2v) is 8.74. The molecule has 0 saturated carbocycles. The van der Waals surface area contributed by atoms with Crippen LogP contribution in [0.2, 0.25) is 0 Å². The van der Waals surface area contributed by atoms with Crippen molar-refractivity contribution < 1.29 is 23.4 Å². The molecule has 2 atom stereocenters. The Morgan fingerprint density at radius 2 is 2.00 bits per heavy atom. The van der Waals surface area contributed by atoms with Crippen molar-refractivity contribution in [1.82, 2.24) is 20.2 Å². The van der Waals surface area contributed by atoms with Gasteiger partial charge in [0.2, 0.25) is 0 Å². The van der Waals surface area contributed by atoms with Gasteiger partial charge < -0.3 is 29.4 Å². The van der Waals surface area contributed by atoms with Crippen LogP contribution in [0.15, 0.2) is 42.6 Å². The van der Waals surface area contributed by atoms with E-state index in [9.17, 15) is 4.79 Å². The monoisotopic (exact) mass is 462 g/mol. The van der Waals surface area contributed by atoms with Crippen LogP contribution in [0.25, 0.3) is 21.8 Å². The van der Waals surface area contributed by atoms with Crippen molar-refractivity contribution >= 4 is 27.9 Å². The predicted octanol–water partition coefficient (Wildman–Crippen LogP) is 4.51. The van der Waals surface area contributed by atoms with Gasteiger partial charge >= 0.3 is 6.09 Å². The zero-order valence-electron chi connectivity index (χ0n) is 18.7. The maximum absolute atomic E-state index is 15.1. The van der Waals surface area contributed by atoms with Crippen LogP contribution >= 0.6 is 0 Å². The molecule has 2 aliphatic heterocycles. The van der Waals surface area contributed by atoms with Crippen molar-refractivity contribution in [2.24, 2.45) is 0 Å². The summed E-state index contributed by atoms with van der Waals surface area (Å²) in [5, 5.41) is 4.39. The van der Waals surface area contributed by atoms with E-state index in [1.807, 2.05) is 6.92 Å². The van der Waals surface area contributed by atoms with Crippen LogP contribution < -0.4 is 19.5 Å². The number of hydrogen-bond acceptors (Lipinski definition) is 6. The van der Waals surface area contributed by atoms with Gasteiger partial charge in [-0.3, -0.25) is 4.98 Å². The van der Waals surface area contributed by atoms with Gasteiger partial charge in [0.15, 0.2) is 23.1 Å². The summed E-state index contributed by atoms with van der Waals surface area (Å²) in [6.45, 7) is 3.26. The molecule has 174 valence electrons. The first-order chi connectivity index (χ1) is 16.5. The average molecular weight is 462 g/mol. The molecule has 0 aliphatic carbocycles. The Morgan fingerprint density at radius 1 is 1.12 bits per heavy atom. The standard InChI is InChI=1S/C25H23FN4O4/c1-13-7-17-18(29-13)3-4-21(24(17)26)33-20-5-6-27-19-10-22(32-2)23(9-16(19)20)34-25(31)30-12-14-8-15(30)11-28-14/h3-7,9-10,14-15,28-29H,8,11-12H2,1-2H3/t14-,15-/m0/s1. The minimum atomic E-state index is -0.454. The van der Waals surface area contributed by atoms with Crippen LogP contribution in [-0.2, 0) is 0 Å². The molecule has 0 unspecified atom stereocenters. The molecule has 2 N–H and O–H groups in total. The molecule has 8 nitrogen and oxygen atoms in total. The second-order valence-electron chi connectivity index (χ2n) is 8.74. The van der Waals surface area contributed by atoms with E-state index in [2.05, 4.69) is 15.3 Å². The lowest BCUT2D eigenvalue weighted by atomic mass is 10.1. The van der Waals surface area contributed by atoms with Crippen molar-refractivity contribution in [3.05, 3.63) is 54.1 Å². The van der Waals surface area contributed by atoms with Crippen LogP contribution in [0.3, 0.4) is 0 Å². The molecule has 9 heteroatoms. The zero-order valence-corrected chi connectivity index (χ0v) is 18.7. The van der Waals surface area contributed by atoms with E-state index >= 15 is 4.39 Å². The number of nitrogens with one attached hydrogen (secondary N) is 2. The molecule has 0 radical (unpaired) electrons. The van der Waals surface area contributed by atoms with Gasteiger partial charge in [-0.05, 0) is 43.7 Å². The maximum atomic E-state index is 15.1. The normalized spacial score (nSPS) is 19.2. The predicted molar refractivity (Wildman–Crippen MR) is 124 cm³/mol. The summed E-state index contributed by atoms with van der Waals surface area (Å²) >= 11 is 0. The minimum Gasteiger partial charge on any atom is -0.493 e. The van der Waals surface area contributed by atoms with Crippen molar-refractivity contribution in [1.29, 1.82) is 0 Å². The number of amides is 1. The first kappa shape index (κ1) is 20.7. The number of halogens is 1. The quantitative estimate of drug-likeness (QED) is 0.464. The highest BCUT2D eigenvalue weighted by Gasteiger charge is 2.41. The Kier molecular flexibility index (Phi) is 4.80. The molecule has 2 fully saturated rings. The number of benzene rings is 2. The minimum absolute atomic E-state index is 0.0916. The number of hydrogen-bond donors (Lipinski definition) is 2. The van der Waals surface area contributed by atoms with Gasteiger partial charge in [0.1, 0.15) is 5.75 Å². The van der Waals surface area contributed by atoms with Crippen LogP contribution in [0, 0.1) is 12.7 Å². The first-order valence-corrected chi connectivity index (χ1v) is 11.1. The Balaban J connectivity index is 1.35. The number of aromatic amines is 1. The molecular formula is C25H23FN4O4. The first-order valence-electron chi connectivity index (χ1n) is 11.1. The van der Waals surface area contributed by atoms with Crippen molar-refractivity contribution in [3.8, 4) is 23.0 Å². The Labute approximate surface area is 194 Å². The van der Waals surface area contributed by atoms with Crippen LogP contribution in [0.1, 0.15) is 12.1 Å². The lowest BCUT2D eigenvalue weighted by molar-refractivity contribution is 0.139. The molecule has 2 saturated heterocycles. The van der Waals surface area contributed by atoms with E-state index < -0.39 is 11.9 Å². The second kappa shape index (κ2) is 7.88. The van der Waals surface area contributed by atoms with Gasteiger partial charge in [-0.1, -0.05) is 0 Å². The fourth-order valence-corrected chi connectivity index (χ4v) is 4.88. The van der Waals surface area contributed by atoms with Gasteiger partial charge in [0, 0.05) is 59.4 Å². The summed E-state index contributed by atoms with van der Waals surface area (Å²) in [6, 6.07) is 10.5. The number of ether oxygens (including phenoxy) is 3. The molecule has 2 aromatic heterocycles. The van der Waals surface area contributed by atoms with Crippen LogP contribution in [-0.4, -0.2) is 53.2 Å². The fraction of sp³-hybridized carbons (Fsp3) is 0.280. The molecular weight excluding hydrogens is 439 g/mol. The zero-order chi connectivity index (χ0) is 23.4. The van der Waals surface area contributed by atoms with Crippen LogP contribution in [0.5, 0.6) is 23.0 Å². The molecule has 34 heavy (non-hydrogen) atoms. The summed E-state index contributed by atoms with van der Waals surface area (Å²) in [5.74, 6) is 0.660. The number of pyridine rings is 1. The maximum Gasteiger partial charge on any atom is 0.415 e. The summed E-state index contributed by atoms with van der Waals surface area (Å²) in [6.07, 6.45) is 2.09. The highest BCUT2D eigenvalue weighted by Crippen LogP contribution is 2.39.